The zero-order chi connectivity index (χ0) is 49.2. The molecule has 1 saturated heterocycles. The van der Waals surface area contributed by atoms with Crippen molar-refractivity contribution in [2.24, 2.45) is 0 Å². The van der Waals surface area contributed by atoms with Crippen LogP contribution in [0.15, 0.2) is 36.5 Å². The summed E-state index contributed by atoms with van der Waals surface area (Å²) in [6, 6.07) is 0. The largest absolute Gasteiger partial charge is 0.463 e. The second kappa shape index (κ2) is 49.5. The second-order valence-corrected chi connectivity index (χ2v) is 20.0. The van der Waals surface area contributed by atoms with Gasteiger partial charge in [0.15, 0.2) is 12.2 Å². The predicted molar refractivity (Wildman–Crippen MR) is 285 cm³/mol. The normalized spacial score (nSPS) is 16.7. The van der Waals surface area contributed by atoms with Gasteiger partial charge in [0.1, 0.15) is 18.8 Å². The van der Waals surface area contributed by atoms with Crippen LogP contribution in [-0.2, 0) is 33.3 Å². The maximum absolute atomic E-state index is 13.1. The molecule has 0 aliphatic carbocycles. The van der Waals surface area contributed by atoms with E-state index in [1.807, 2.05) is 0 Å². The molecule has 0 aromatic heterocycles. The van der Waals surface area contributed by atoms with Gasteiger partial charge >= 0.3 is 17.9 Å². The highest BCUT2D eigenvalue weighted by Crippen LogP contribution is 2.26. The quantitative estimate of drug-likeness (QED) is 0.0278. The van der Waals surface area contributed by atoms with Gasteiger partial charge < -0.3 is 24.1 Å². The van der Waals surface area contributed by atoms with Gasteiger partial charge in [0.05, 0.1) is 6.61 Å². The van der Waals surface area contributed by atoms with Crippen LogP contribution in [0.25, 0.3) is 0 Å². The summed E-state index contributed by atoms with van der Waals surface area (Å²) >= 11 is 0. The highest BCUT2D eigenvalue weighted by molar-refractivity contribution is 5.71. The number of allylic oxidation sites excluding steroid dienone is 6. The van der Waals surface area contributed by atoms with E-state index in [9.17, 15) is 19.5 Å². The fourth-order valence-corrected chi connectivity index (χ4v) is 8.99. The Kier molecular flexibility index (Phi) is 46.3. The molecule has 0 spiro atoms. The first-order chi connectivity index (χ1) is 33.4. The summed E-state index contributed by atoms with van der Waals surface area (Å²) in [5.41, 5.74) is 0. The molecule has 0 radical (unpaired) electrons. The molecule has 1 N–H and O–H groups in total. The third-order valence-electron chi connectivity index (χ3n) is 13.4. The van der Waals surface area contributed by atoms with Gasteiger partial charge in [-0.1, -0.05) is 211 Å². The van der Waals surface area contributed by atoms with Gasteiger partial charge in [-0.05, 0) is 96.3 Å². The summed E-state index contributed by atoms with van der Waals surface area (Å²) in [4.78, 5) is 38.8. The molecule has 0 saturated carbocycles. The number of aliphatic hydroxyl groups is 1. The summed E-state index contributed by atoms with van der Waals surface area (Å²) < 4.78 is 23.1. The number of unbranched alkanes of at least 4 members (excludes halogenated alkanes) is 33. The summed E-state index contributed by atoms with van der Waals surface area (Å²) in [7, 11) is 0. The van der Waals surface area contributed by atoms with Crippen LogP contribution in [0.5, 0.6) is 0 Å². The predicted octanol–water partition coefficient (Wildman–Crippen LogP) is 17.2. The van der Waals surface area contributed by atoms with Crippen LogP contribution in [0.2, 0.25) is 0 Å². The van der Waals surface area contributed by atoms with Crippen molar-refractivity contribution < 1.29 is 38.4 Å². The average Bonchev–Trinajstić information content (AvgIpc) is 3.72. The summed E-state index contributed by atoms with van der Waals surface area (Å²) in [6.45, 7) is 6.51. The average molecular weight is 958 g/mol. The molecule has 68 heavy (non-hydrogen) atoms. The van der Waals surface area contributed by atoms with Gasteiger partial charge in [-0.15, -0.1) is 0 Å². The lowest BCUT2D eigenvalue weighted by Gasteiger charge is -2.26. The second-order valence-electron chi connectivity index (χ2n) is 20.0. The lowest BCUT2D eigenvalue weighted by atomic mass is 10.1. The maximum Gasteiger partial charge on any atom is 0.306 e. The van der Waals surface area contributed by atoms with E-state index in [-0.39, 0.29) is 38.0 Å². The molecule has 396 valence electrons. The lowest BCUT2D eigenvalue weighted by molar-refractivity contribution is -0.170. The molecule has 0 unspecified atom stereocenters. The van der Waals surface area contributed by atoms with Gasteiger partial charge in [0.25, 0.3) is 0 Å². The Bertz CT molecular complexity index is 1230. The van der Waals surface area contributed by atoms with Crippen LogP contribution in [0.3, 0.4) is 0 Å². The van der Waals surface area contributed by atoms with Crippen LogP contribution in [0, 0.1) is 0 Å². The number of carbonyl (C=O) groups excluding carboxylic acids is 3. The molecule has 1 aliphatic heterocycles. The Hall–Kier alpha value is -2.45. The SMILES string of the molecule is CCCCCCCC/C=C\CCCCCCCC(=O)OC[C@@H](O)[C@H]1OC[C@H](OC(=O)CCCCCCC/C=C\CCCCCCCC)[C@H]1OC(=O)CCCCCCC/C=C\CCCCCCCC. The first-order valence-electron chi connectivity index (χ1n) is 29.2. The van der Waals surface area contributed by atoms with E-state index >= 15 is 0 Å². The monoisotopic (exact) mass is 957 g/mol. The van der Waals surface area contributed by atoms with E-state index in [1.165, 1.54) is 141 Å². The van der Waals surface area contributed by atoms with Crippen LogP contribution in [0.4, 0.5) is 0 Å². The van der Waals surface area contributed by atoms with E-state index in [0.717, 1.165) is 103 Å². The van der Waals surface area contributed by atoms with E-state index in [0.29, 0.717) is 12.8 Å². The van der Waals surface area contributed by atoms with E-state index in [4.69, 9.17) is 18.9 Å². The van der Waals surface area contributed by atoms with Gasteiger partial charge in [-0.25, -0.2) is 0 Å². The van der Waals surface area contributed by atoms with Crippen molar-refractivity contribution in [3.63, 3.8) is 0 Å². The fraction of sp³-hybridized carbons (Fsp3) is 0.850. The van der Waals surface area contributed by atoms with Crippen LogP contribution < -0.4 is 0 Å². The Morgan fingerprint density at radius 3 is 1.07 bits per heavy atom. The van der Waals surface area contributed by atoms with Crippen LogP contribution in [-0.4, -0.2) is 60.6 Å². The van der Waals surface area contributed by atoms with Crippen molar-refractivity contribution in [1.29, 1.82) is 0 Å². The zero-order valence-corrected chi connectivity index (χ0v) is 44.7. The molecule has 1 heterocycles. The van der Waals surface area contributed by atoms with Crippen molar-refractivity contribution in [2.45, 2.75) is 315 Å². The van der Waals surface area contributed by atoms with E-state index in [1.54, 1.807) is 0 Å². The zero-order valence-electron chi connectivity index (χ0n) is 44.7. The molecule has 1 rings (SSSR count). The molecule has 1 aliphatic rings. The van der Waals surface area contributed by atoms with Gasteiger partial charge in [-0.2, -0.15) is 0 Å². The minimum absolute atomic E-state index is 0.00799. The Morgan fingerprint density at radius 1 is 0.426 bits per heavy atom. The number of ether oxygens (including phenoxy) is 4. The van der Waals surface area contributed by atoms with Gasteiger partial charge in [0, 0.05) is 19.3 Å². The van der Waals surface area contributed by atoms with Crippen molar-refractivity contribution in [3.05, 3.63) is 36.5 Å². The van der Waals surface area contributed by atoms with Crippen molar-refractivity contribution in [3.8, 4) is 0 Å². The highest BCUT2D eigenvalue weighted by atomic mass is 16.6. The molecule has 8 nitrogen and oxygen atoms in total. The van der Waals surface area contributed by atoms with E-state index in [2.05, 4.69) is 57.2 Å². The fourth-order valence-electron chi connectivity index (χ4n) is 8.99. The number of esters is 3. The first-order valence-corrected chi connectivity index (χ1v) is 29.2. The third-order valence-corrected chi connectivity index (χ3v) is 13.4. The molecule has 8 heteroatoms. The molecule has 0 amide bonds. The minimum Gasteiger partial charge on any atom is -0.463 e. The summed E-state index contributed by atoms with van der Waals surface area (Å²) in [6.07, 6.45) is 56.9. The van der Waals surface area contributed by atoms with Gasteiger partial charge in [0.2, 0.25) is 0 Å². The minimum atomic E-state index is -1.22. The highest BCUT2D eigenvalue weighted by Gasteiger charge is 2.46. The number of carbonyl (C=O) groups is 3. The summed E-state index contributed by atoms with van der Waals surface area (Å²) in [5, 5.41) is 11.2. The van der Waals surface area contributed by atoms with E-state index < -0.39 is 30.4 Å². The number of rotatable bonds is 50. The van der Waals surface area contributed by atoms with Crippen molar-refractivity contribution in [2.75, 3.05) is 13.2 Å². The van der Waals surface area contributed by atoms with Gasteiger partial charge in [-0.3, -0.25) is 14.4 Å². The molecule has 4 atom stereocenters. The number of hydrogen-bond donors (Lipinski definition) is 1. The van der Waals surface area contributed by atoms with Crippen LogP contribution >= 0.6 is 0 Å². The maximum atomic E-state index is 13.1. The molecular weight excluding hydrogens is 849 g/mol. The molecule has 1 fully saturated rings. The first kappa shape index (κ1) is 63.6. The summed E-state index contributed by atoms with van der Waals surface area (Å²) in [5.74, 6) is -1.11. The Labute approximate surface area is 419 Å². The van der Waals surface area contributed by atoms with Crippen LogP contribution in [0.1, 0.15) is 290 Å². The number of hydrogen-bond acceptors (Lipinski definition) is 8. The molecule has 0 aromatic carbocycles. The molecule has 0 aromatic rings. The molecular formula is C60H108O8. The topological polar surface area (TPSA) is 108 Å². The Morgan fingerprint density at radius 2 is 0.721 bits per heavy atom. The van der Waals surface area contributed by atoms with Crippen molar-refractivity contribution in [1.82, 2.24) is 0 Å². The lowest BCUT2D eigenvalue weighted by Crippen LogP contribution is -2.45. The standard InChI is InChI=1S/C60H108O8/c1-4-7-10-13-16-19-22-25-28-31-34-37-40-43-46-49-56(62)65-52-54(61)59-60(68-58(64)51-48-45-42-39-36-33-30-27-24-21-18-15-12-9-6-3)55(53-66-59)67-57(63)50-47-44-41-38-35-32-29-26-23-20-17-14-11-8-5-2/h25-30,54-55,59-61H,4-24,31-53H2,1-3H3/b28-25-,29-26-,30-27-/t54-,55+,59-,60-/m1/s1. The van der Waals surface area contributed by atoms with Crippen molar-refractivity contribution >= 4 is 17.9 Å². The smallest absolute Gasteiger partial charge is 0.306 e. The Balaban J connectivity index is 2.45. The number of aliphatic hydroxyl groups excluding tert-OH is 1. The third kappa shape index (κ3) is 40.3. The molecule has 0 bridgehead atoms.